The average Bonchev–Trinajstić information content (AvgIpc) is 2.28. The molecule has 0 amide bonds. The van der Waals surface area contributed by atoms with Gasteiger partial charge in [-0.2, -0.15) is 0 Å². The molecule has 3 nitrogen and oxygen atoms in total. The van der Waals surface area contributed by atoms with Gasteiger partial charge in [-0.1, -0.05) is 12.1 Å². The van der Waals surface area contributed by atoms with Crippen molar-refractivity contribution in [3.8, 4) is 0 Å². The van der Waals surface area contributed by atoms with Crippen molar-refractivity contribution in [1.82, 2.24) is 5.32 Å². The van der Waals surface area contributed by atoms with Crippen LogP contribution in [0.1, 0.15) is 12.5 Å². The zero-order chi connectivity index (χ0) is 9.26. The SMILES string of the molecule is CC1CNCc2cccc(N)c2N1. The van der Waals surface area contributed by atoms with Crippen LogP contribution in [0.25, 0.3) is 0 Å². The van der Waals surface area contributed by atoms with Crippen LogP contribution in [-0.4, -0.2) is 12.6 Å². The topological polar surface area (TPSA) is 50.1 Å². The van der Waals surface area contributed by atoms with Crippen molar-refractivity contribution < 1.29 is 0 Å². The van der Waals surface area contributed by atoms with Crippen molar-refractivity contribution in [2.45, 2.75) is 19.5 Å². The van der Waals surface area contributed by atoms with Crippen molar-refractivity contribution in [2.75, 3.05) is 17.6 Å². The molecule has 70 valence electrons. The summed E-state index contributed by atoms with van der Waals surface area (Å²) in [5.41, 5.74) is 9.07. The summed E-state index contributed by atoms with van der Waals surface area (Å²) in [4.78, 5) is 0. The lowest BCUT2D eigenvalue weighted by molar-refractivity contribution is 0.651. The van der Waals surface area contributed by atoms with Crippen molar-refractivity contribution >= 4 is 11.4 Å². The summed E-state index contributed by atoms with van der Waals surface area (Å²) >= 11 is 0. The molecule has 0 fully saturated rings. The van der Waals surface area contributed by atoms with Crippen LogP contribution in [0, 0.1) is 0 Å². The molecule has 1 heterocycles. The molecule has 1 aliphatic rings. The fraction of sp³-hybridized carbons (Fsp3) is 0.400. The maximum absolute atomic E-state index is 5.88. The van der Waals surface area contributed by atoms with E-state index in [1.165, 1.54) is 5.56 Å². The van der Waals surface area contributed by atoms with E-state index in [1.54, 1.807) is 0 Å². The molecule has 0 radical (unpaired) electrons. The molecule has 0 saturated heterocycles. The van der Waals surface area contributed by atoms with Gasteiger partial charge in [0.25, 0.3) is 0 Å². The quantitative estimate of drug-likeness (QED) is 0.521. The van der Waals surface area contributed by atoms with Gasteiger partial charge in [-0.3, -0.25) is 0 Å². The Hall–Kier alpha value is -1.22. The highest BCUT2D eigenvalue weighted by Gasteiger charge is 2.12. The van der Waals surface area contributed by atoms with Gasteiger partial charge in [-0.25, -0.2) is 0 Å². The van der Waals surface area contributed by atoms with E-state index in [2.05, 4.69) is 23.6 Å². The number of para-hydroxylation sites is 1. The largest absolute Gasteiger partial charge is 0.397 e. The van der Waals surface area contributed by atoms with Gasteiger partial charge in [0.2, 0.25) is 0 Å². The number of fused-ring (bicyclic) bond motifs is 1. The van der Waals surface area contributed by atoms with Crippen molar-refractivity contribution in [3.05, 3.63) is 23.8 Å². The number of anilines is 2. The molecular weight excluding hydrogens is 162 g/mol. The number of rotatable bonds is 0. The van der Waals surface area contributed by atoms with Crippen LogP contribution in [-0.2, 0) is 6.54 Å². The minimum absolute atomic E-state index is 0.436. The third kappa shape index (κ3) is 1.60. The first kappa shape index (κ1) is 8.38. The smallest absolute Gasteiger partial charge is 0.0622 e. The molecule has 2 rings (SSSR count). The first-order valence-electron chi connectivity index (χ1n) is 4.62. The maximum Gasteiger partial charge on any atom is 0.0622 e. The van der Waals surface area contributed by atoms with Gasteiger partial charge in [0, 0.05) is 19.1 Å². The Morgan fingerprint density at radius 2 is 2.31 bits per heavy atom. The fourth-order valence-electron chi connectivity index (χ4n) is 1.66. The number of hydrogen-bond acceptors (Lipinski definition) is 3. The van der Waals surface area contributed by atoms with E-state index in [0.717, 1.165) is 24.5 Å². The molecule has 0 aromatic heterocycles. The molecule has 0 aliphatic carbocycles. The second-order valence-electron chi connectivity index (χ2n) is 3.56. The predicted molar refractivity (Wildman–Crippen MR) is 55.6 cm³/mol. The summed E-state index contributed by atoms with van der Waals surface area (Å²) in [6.45, 7) is 4.03. The van der Waals surface area contributed by atoms with Crippen molar-refractivity contribution in [2.24, 2.45) is 0 Å². The highest BCUT2D eigenvalue weighted by molar-refractivity contribution is 5.70. The lowest BCUT2D eigenvalue weighted by Gasteiger charge is -2.14. The summed E-state index contributed by atoms with van der Waals surface area (Å²) in [5, 5.41) is 6.77. The molecule has 1 atom stereocenters. The first-order chi connectivity index (χ1) is 6.27. The summed E-state index contributed by atoms with van der Waals surface area (Å²) in [5.74, 6) is 0. The van der Waals surface area contributed by atoms with Crippen LogP contribution in [0.5, 0.6) is 0 Å². The van der Waals surface area contributed by atoms with E-state index in [1.807, 2.05) is 12.1 Å². The lowest BCUT2D eigenvalue weighted by Crippen LogP contribution is -2.26. The summed E-state index contributed by atoms with van der Waals surface area (Å²) < 4.78 is 0. The number of nitrogen functional groups attached to an aromatic ring is 1. The third-order valence-electron chi connectivity index (χ3n) is 2.34. The number of benzene rings is 1. The maximum atomic E-state index is 5.88. The molecule has 0 bridgehead atoms. The minimum Gasteiger partial charge on any atom is -0.397 e. The Kier molecular flexibility index (Phi) is 2.10. The van der Waals surface area contributed by atoms with Crippen LogP contribution in [0.2, 0.25) is 0 Å². The van der Waals surface area contributed by atoms with Gasteiger partial charge in [0.05, 0.1) is 11.4 Å². The van der Waals surface area contributed by atoms with Gasteiger partial charge < -0.3 is 16.4 Å². The Bertz CT molecular complexity index is 309. The molecule has 0 spiro atoms. The molecule has 1 unspecified atom stereocenters. The molecule has 1 aromatic rings. The number of hydrogen-bond donors (Lipinski definition) is 3. The highest BCUT2D eigenvalue weighted by Crippen LogP contribution is 2.25. The normalized spacial score (nSPS) is 21.5. The van der Waals surface area contributed by atoms with Gasteiger partial charge in [-0.05, 0) is 18.6 Å². The summed E-state index contributed by atoms with van der Waals surface area (Å²) in [6.07, 6.45) is 0. The number of nitrogens with two attached hydrogens (primary N) is 1. The molecule has 0 saturated carbocycles. The van der Waals surface area contributed by atoms with E-state index >= 15 is 0 Å². The fourth-order valence-corrected chi connectivity index (χ4v) is 1.66. The van der Waals surface area contributed by atoms with Gasteiger partial charge >= 0.3 is 0 Å². The van der Waals surface area contributed by atoms with Crippen LogP contribution in [0.3, 0.4) is 0 Å². The third-order valence-corrected chi connectivity index (χ3v) is 2.34. The van der Waals surface area contributed by atoms with Gasteiger partial charge in [-0.15, -0.1) is 0 Å². The van der Waals surface area contributed by atoms with E-state index in [-0.39, 0.29) is 0 Å². The molecule has 13 heavy (non-hydrogen) atoms. The molecule has 1 aliphatic heterocycles. The summed E-state index contributed by atoms with van der Waals surface area (Å²) in [6, 6.07) is 6.46. The van der Waals surface area contributed by atoms with E-state index in [0.29, 0.717) is 6.04 Å². The van der Waals surface area contributed by atoms with Crippen LogP contribution in [0.4, 0.5) is 11.4 Å². The Balaban J connectivity index is 2.40. The Morgan fingerprint density at radius 3 is 3.15 bits per heavy atom. The van der Waals surface area contributed by atoms with Crippen LogP contribution in [0.15, 0.2) is 18.2 Å². The van der Waals surface area contributed by atoms with Crippen LogP contribution < -0.4 is 16.4 Å². The molecule has 3 heteroatoms. The average molecular weight is 177 g/mol. The van der Waals surface area contributed by atoms with Crippen molar-refractivity contribution in [1.29, 1.82) is 0 Å². The molecule has 1 aromatic carbocycles. The standard InChI is InChI=1S/C10H15N3/c1-7-5-12-6-8-3-2-4-9(11)10(8)13-7/h2-4,7,12-13H,5-6,11H2,1H3. The summed E-state index contributed by atoms with van der Waals surface area (Å²) in [7, 11) is 0. The number of nitrogens with one attached hydrogen (secondary N) is 2. The Labute approximate surface area is 78.3 Å². The molecule has 4 N–H and O–H groups in total. The van der Waals surface area contributed by atoms with E-state index in [9.17, 15) is 0 Å². The van der Waals surface area contributed by atoms with E-state index in [4.69, 9.17) is 5.73 Å². The molecular formula is C10H15N3. The second-order valence-corrected chi connectivity index (χ2v) is 3.56. The minimum atomic E-state index is 0.436. The first-order valence-corrected chi connectivity index (χ1v) is 4.62. The zero-order valence-electron chi connectivity index (χ0n) is 7.80. The van der Waals surface area contributed by atoms with Crippen molar-refractivity contribution in [3.63, 3.8) is 0 Å². The zero-order valence-corrected chi connectivity index (χ0v) is 7.80. The monoisotopic (exact) mass is 177 g/mol. The Morgan fingerprint density at radius 1 is 1.46 bits per heavy atom. The van der Waals surface area contributed by atoms with Gasteiger partial charge in [0.1, 0.15) is 0 Å². The highest BCUT2D eigenvalue weighted by atomic mass is 15.0. The lowest BCUT2D eigenvalue weighted by atomic mass is 10.1. The van der Waals surface area contributed by atoms with Gasteiger partial charge in [0.15, 0.2) is 0 Å². The van der Waals surface area contributed by atoms with Crippen LogP contribution >= 0.6 is 0 Å². The van der Waals surface area contributed by atoms with E-state index < -0.39 is 0 Å². The predicted octanol–water partition coefficient (Wildman–Crippen LogP) is 1.17. The second kappa shape index (κ2) is 3.26.